The number of carbonyl (C=O) groups is 1. The summed E-state index contributed by atoms with van der Waals surface area (Å²) in [6, 6.07) is 15.7. The standard InChI is InChI=1S/C22H23N3O2/c1-15-7-2-3-9-17(15)13-16-8-6-12-25(14-16)22(27)20-21(26)24-19-11-5-4-10-18(19)23-20/h2-5,7,9-11,16H,6,8,12-14H2,1H3,(H,24,26). The van der Waals surface area contributed by atoms with Gasteiger partial charge in [-0.25, -0.2) is 4.98 Å². The molecule has 2 heterocycles. The minimum atomic E-state index is -0.417. The maximum absolute atomic E-state index is 13.0. The van der Waals surface area contributed by atoms with E-state index >= 15 is 0 Å². The van der Waals surface area contributed by atoms with E-state index < -0.39 is 5.56 Å². The highest BCUT2D eigenvalue weighted by Gasteiger charge is 2.27. The van der Waals surface area contributed by atoms with Gasteiger partial charge in [-0.15, -0.1) is 0 Å². The van der Waals surface area contributed by atoms with Crippen LogP contribution in [0.3, 0.4) is 0 Å². The monoisotopic (exact) mass is 361 g/mol. The first-order valence-electron chi connectivity index (χ1n) is 9.44. The molecule has 1 unspecified atom stereocenters. The second-order valence-electron chi connectivity index (χ2n) is 7.32. The van der Waals surface area contributed by atoms with Crippen LogP contribution in [0.4, 0.5) is 0 Å². The Morgan fingerprint density at radius 2 is 1.96 bits per heavy atom. The van der Waals surface area contributed by atoms with Crippen molar-refractivity contribution in [3.05, 3.63) is 75.7 Å². The van der Waals surface area contributed by atoms with Crippen molar-refractivity contribution < 1.29 is 4.79 Å². The smallest absolute Gasteiger partial charge is 0.280 e. The fraction of sp³-hybridized carbons (Fsp3) is 0.318. The van der Waals surface area contributed by atoms with E-state index in [2.05, 4.69) is 35.1 Å². The average Bonchev–Trinajstić information content (AvgIpc) is 2.69. The zero-order valence-corrected chi connectivity index (χ0v) is 15.4. The van der Waals surface area contributed by atoms with Gasteiger partial charge in [0.1, 0.15) is 0 Å². The third-order valence-corrected chi connectivity index (χ3v) is 5.38. The molecule has 4 rings (SSSR count). The number of rotatable bonds is 3. The van der Waals surface area contributed by atoms with Crippen LogP contribution in [0.2, 0.25) is 0 Å². The lowest BCUT2D eigenvalue weighted by Crippen LogP contribution is -2.42. The van der Waals surface area contributed by atoms with Crippen LogP contribution in [0, 0.1) is 12.8 Å². The highest BCUT2D eigenvalue weighted by atomic mass is 16.2. The molecule has 1 aromatic heterocycles. The van der Waals surface area contributed by atoms with Gasteiger partial charge in [-0.1, -0.05) is 36.4 Å². The Morgan fingerprint density at radius 3 is 2.81 bits per heavy atom. The van der Waals surface area contributed by atoms with Crippen LogP contribution in [0.25, 0.3) is 11.0 Å². The van der Waals surface area contributed by atoms with Crippen molar-refractivity contribution in [3.8, 4) is 0 Å². The van der Waals surface area contributed by atoms with E-state index in [1.165, 1.54) is 11.1 Å². The number of amides is 1. The molecule has 1 saturated heterocycles. The number of benzene rings is 2. The largest absolute Gasteiger partial charge is 0.337 e. The highest BCUT2D eigenvalue weighted by molar-refractivity contribution is 5.93. The van der Waals surface area contributed by atoms with Crippen molar-refractivity contribution in [3.63, 3.8) is 0 Å². The number of likely N-dealkylation sites (tertiary alicyclic amines) is 1. The molecule has 1 N–H and O–H groups in total. The summed E-state index contributed by atoms with van der Waals surface area (Å²) in [7, 11) is 0. The molecule has 1 amide bonds. The minimum absolute atomic E-state index is 0.00904. The van der Waals surface area contributed by atoms with Crippen LogP contribution >= 0.6 is 0 Å². The van der Waals surface area contributed by atoms with Gasteiger partial charge in [0.2, 0.25) is 0 Å². The number of para-hydroxylation sites is 2. The summed E-state index contributed by atoms with van der Waals surface area (Å²) >= 11 is 0. The number of carbonyl (C=O) groups excluding carboxylic acids is 1. The summed E-state index contributed by atoms with van der Waals surface area (Å²) in [4.78, 5) is 34.2. The molecule has 0 aliphatic carbocycles. The molecule has 1 aliphatic rings. The maximum atomic E-state index is 13.0. The molecule has 5 heteroatoms. The van der Waals surface area contributed by atoms with E-state index in [4.69, 9.17) is 0 Å². The molecule has 1 atom stereocenters. The van der Waals surface area contributed by atoms with Gasteiger partial charge >= 0.3 is 0 Å². The van der Waals surface area contributed by atoms with E-state index in [1.807, 2.05) is 18.2 Å². The lowest BCUT2D eigenvalue weighted by atomic mass is 9.89. The number of aromatic amines is 1. The van der Waals surface area contributed by atoms with Crippen molar-refractivity contribution in [1.29, 1.82) is 0 Å². The number of nitrogens with one attached hydrogen (secondary N) is 1. The van der Waals surface area contributed by atoms with E-state index in [1.54, 1.807) is 17.0 Å². The molecule has 1 aliphatic heterocycles. The number of hydrogen-bond donors (Lipinski definition) is 1. The fourth-order valence-electron chi connectivity index (χ4n) is 3.89. The molecule has 0 spiro atoms. The Hall–Kier alpha value is -2.95. The molecule has 0 saturated carbocycles. The first-order valence-corrected chi connectivity index (χ1v) is 9.44. The topological polar surface area (TPSA) is 66.1 Å². The molecule has 0 radical (unpaired) electrons. The van der Waals surface area contributed by atoms with Gasteiger partial charge in [-0.05, 0) is 55.4 Å². The average molecular weight is 361 g/mol. The number of piperidine rings is 1. The molecule has 3 aromatic rings. The zero-order chi connectivity index (χ0) is 18.8. The summed E-state index contributed by atoms with van der Waals surface area (Å²) in [5.74, 6) is 0.139. The van der Waals surface area contributed by atoms with Crippen molar-refractivity contribution >= 4 is 16.9 Å². The van der Waals surface area contributed by atoms with Gasteiger partial charge in [0, 0.05) is 13.1 Å². The molecule has 138 valence electrons. The number of aromatic nitrogens is 2. The van der Waals surface area contributed by atoms with E-state index in [9.17, 15) is 9.59 Å². The van der Waals surface area contributed by atoms with Crippen LogP contribution in [-0.4, -0.2) is 33.9 Å². The van der Waals surface area contributed by atoms with Crippen LogP contribution in [0.15, 0.2) is 53.3 Å². The first-order chi connectivity index (χ1) is 13.1. The molecular weight excluding hydrogens is 338 g/mol. The van der Waals surface area contributed by atoms with Gasteiger partial charge in [-0.2, -0.15) is 0 Å². The lowest BCUT2D eigenvalue weighted by molar-refractivity contribution is 0.0666. The third-order valence-electron chi connectivity index (χ3n) is 5.38. The second-order valence-corrected chi connectivity index (χ2v) is 7.32. The predicted molar refractivity (Wildman–Crippen MR) is 106 cm³/mol. The van der Waals surface area contributed by atoms with Gasteiger partial charge in [0.15, 0.2) is 5.69 Å². The third kappa shape index (κ3) is 3.63. The Balaban J connectivity index is 1.54. The second kappa shape index (κ2) is 7.35. The van der Waals surface area contributed by atoms with E-state index in [0.29, 0.717) is 30.0 Å². The first kappa shape index (κ1) is 17.5. The summed E-state index contributed by atoms with van der Waals surface area (Å²) in [5.41, 5.74) is 3.47. The SMILES string of the molecule is Cc1ccccc1CC1CCCN(C(=O)c2nc3ccccc3[nH]c2=O)C1. The van der Waals surface area contributed by atoms with Crippen molar-refractivity contribution in [2.75, 3.05) is 13.1 Å². The van der Waals surface area contributed by atoms with Crippen LogP contribution < -0.4 is 5.56 Å². The van der Waals surface area contributed by atoms with Gasteiger partial charge in [0.25, 0.3) is 11.5 Å². The minimum Gasteiger partial charge on any atom is -0.337 e. The number of fused-ring (bicyclic) bond motifs is 1. The number of nitrogens with zero attached hydrogens (tertiary/aromatic N) is 2. The van der Waals surface area contributed by atoms with E-state index in [0.717, 1.165) is 19.3 Å². The van der Waals surface area contributed by atoms with Gasteiger partial charge < -0.3 is 9.88 Å². The number of H-pyrrole nitrogens is 1. The Kier molecular flexibility index (Phi) is 4.75. The lowest BCUT2D eigenvalue weighted by Gasteiger charge is -2.32. The Morgan fingerprint density at radius 1 is 1.19 bits per heavy atom. The summed E-state index contributed by atoms with van der Waals surface area (Å²) in [5, 5.41) is 0. The Labute approximate surface area is 158 Å². The quantitative estimate of drug-likeness (QED) is 0.778. The fourth-order valence-corrected chi connectivity index (χ4v) is 3.89. The summed E-state index contributed by atoms with van der Waals surface area (Å²) in [6.45, 7) is 3.47. The normalized spacial score (nSPS) is 17.2. The molecular formula is C22H23N3O2. The highest BCUT2D eigenvalue weighted by Crippen LogP contribution is 2.23. The van der Waals surface area contributed by atoms with Crippen LogP contribution in [-0.2, 0) is 6.42 Å². The molecule has 5 nitrogen and oxygen atoms in total. The maximum Gasteiger partial charge on any atom is 0.280 e. The van der Waals surface area contributed by atoms with Crippen molar-refractivity contribution in [1.82, 2.24) is 14.9 Å². The predicted octanol–water partition coefficient (Wildman–Crippen LogP) is 3.33. The van der Waals surface area contributed by atoms with Crippen molar-refractivity contribution in [2.45, 2.75) is 26.2 Å². The molecule has 0 bridgehead atoms. The number of aryl methyl sites for hydroxylation is 1. The van der Waals surface area contributed by atoms with Crippen molar-refractivity contribution in [2.24, 2.45) is 5.92 Å². The van der Waals surface area contributed by atoms with Gasteiger partial charge in [-0.3, -0.25) is 9.59 Å². The van der Waals surface area contributed by atoms with Gasteiger partial charge in [0.05, 0.1) is 11.0 Å². The molecule has 2 aromatic carbocycles. The zero-order valence-electron chi connectivity index (χ0n) is 15.4. The molecule has 27 heavy (non-hydrogen) atoms. The van der Waals surface area contributed by atoms with E-state index in [-0.39, 0.29) is 11.6 Å². The summed E-state index contributed by atoms with van der Waals surface area (Å²) < 4.78 is 0. The van der Waals surface area contributed by atoms with Crippen LogP contribution in [0.5, 0.6) is 0 Å². The summed E-state index contributed by atoms with van der Waals surface area (Å²) in [6.07, 6.45) is 3.01. The Bertz CT molecular complexity index is 1040. The number of hydrogen-bond acceptors (Lipinski definition) is 3. The molecule has 1 fully saturated rings. The van der Waals surface area contributed by atoms with Crippen LogP contribution in [0.1, 0.15) is 34.5 Å².